The molecule has 0 aliphatic carbocycles. The molecule has 3 aromatic rings. The number of carbonyl (C=O) groups excluding carboxylic acids is 2. The van der Waals surface area contributed by atoms with Crippen LogP contribution in [0.15, 0.2) is 24.5 Å². The van der Waals surface area contributed by atoms with Crippen molar-refractivity contribution in [3.63, 3.8) is 0 Å². The molecule has 1 aromatic carbocycles. The lowest BCUT2D eigenvalue weighted by atomic mass is 10.1. The standard InChI is InChI=1S/C20H22N6O6/c1-11-15(12(2)25-20(23-11)21-10-22-25)6-8-18(27)32-13(3)19(28)24-16-9-14(26(29)30)5-7-17(16)31-4/h5,7,9-10,13H,6,8H2,1-4H3,(H,24,28). The number of non-ortho nitro benzene ring substituents is 1. The van der Waals surface area contributed by atoms with Crippen molar-refractivity contribution in [2.24, 2.45) is 0 Å². The van der Waals surface area contributed by atoms with E-state index in [2.05, 4.69) is 20.4 Å². The Kier molecular flexibility index (Phi) is 6.61. The third-order valence-electron chi connectivity index (χ3n) is 4.90. The molecule has 1 unspecified atom stereocenters. The van der Waals surface area contributed by atoms with Crippen LogP contribution in [0.5, 0.6) is 5.75 Å². The zero-order valence-corrected chi connectivity index (χ0v) is 18.0. The molecule has 32 heavy (non-hydrogen) atoms. The Bertz CT molecular complexity index is 1190. The maximum Gasteiger partial charge on any atom is 0.306 e. The molecule has 0 radical (unpaired) electrons. The summed E-state index contributed by atoms with van der Waals surface area (Å²) >= 11 is 0. The second-order valence-electron chi connectivity index (χ2n) is 7.00. The number of nitro benzene ring substituents is 1. The molecule has 168 valence electrons. The number of aromatic nitrogens is 4. The average molecular weight is 442 g/mol. The molecular weight excluding hydrogens is 420 g/mol. The number of nitro groups is 1. The van der Waals surface area contributed by atoms with Crippen molar-refractivity contribution in [2.75, 3.05) is 12.4 Å². The Balaban J connectivity index is 1.62. The van der Waals surface area contributed by atoms with Gasteiger partial charge in [0.25, 0.3) is 17.4 Å². The van der Waals surface area contributed by atoms with Crippen molar-refractivity contribution in [1.82, 2.24) is 19.6 Å². The molecule has 1 N–H and O–H groups in total. The molecule has 0 saturated carbocycles. The van der Waals surface area contributed by atoms with E-state index in [9.17, 15) is 19.7 Å². The lowest BCUT2D eigenvalue weighted by molar-refractivity contribution is -0.384. The van der Waals surface area contributed by atoms with Gasteiger partial charge in [-0.1, -0.05) is 0 Å². The van der Waals surface area contributed by atoms with Crippen LogP contribution in [-0.4, -0.2) is 49.6 Å². The minimum Gasteiger partial charge on any atom is -0.495 e. The molecule has 3 rings (SSSR count). The van der Waals surface area contributed by atoms with E-state index in [-0.39, 0.29) is 23.5 Å². The van der Waals surface area contributed by atoms with Gasteiger partial charge in [0.1, 0.15) is 12.1 Å². The average Bonchev–Trinajstić information content (AvgIpc) is 3.21. The third-order valence-corrected chi connectivity index (χ3v) is 4.90. The van der Waals surface area contributed by atoms with Crippen molar-refractivity contribution >= 4 is 29.0 Å². The van der Waals surface area contributed by atoms with E-state index >= 15 is 0 Å². The van der Waals surface area contributed by atoms with Crippen LogP contribution in [0.3, 0.4) is 0 Å². The number of methoxy groups -OCH3 is 1. The fourth-order valence-electron chi connectivity index (χ4n) is 3.20. The Labute approximate surface area is 182 Å². The number of hydrogen-bond acceptors (Lipinski definition) is 9. The van der Waals surface area contributed by atoms with E-state index < -0.39 is 22.9 Å². The van der Waals surface area contributed by atoms with Crippen molar-refractivity contribution in [1.29, 1.82) is 0 Å². The van der Waals surface area contributed by atoms with Gasteiger partial charge in [-0.15, -0.1) is 0 Å². The van der Waals surface area contributed by atoms with Crippen LogP contribution in [0.4, 0.5) is 11.4 Å². The number of carbonyl (C=O) groups is 2. The summed E-state index contributed by atoms with van der Waals surface area (Å²) < 4.78 is 11.9. The van der Waals surface area contributed by atoms with Gasteiger partial charge in [0, 0.05) is 29.9 Å². The van der Waals surface area contributed by atoms with Gasteiger partial charge in [-0.3, -0.25) is 19.7 Å². The highest BCUT2D eigenvalue weighted by Gasteiger charge is 2.21. The smallest absolute Gasteiger partial charge is 0.306 e. The maximum absolute atomic E-state index is 12.5. The number of fused-ring (bicyclic) bond motifs is 1. The molecule has 0 spiro atoms. The van der Waals surface area contributed by atoms with Crippen LogP contribution in [0.25, 0.3) is 5.78 Å². The third kappa shape index (κ3) is 4.79. The van der Waals surface area contributed by atoms with Gasteiger partial charge in [-0.05, 0) is 38.8 Å². The summed E-state index contributed by atoms with van der Waals surface area (Å²) in [5, 5.41) is 17.6. The maximum atomic E-state index is 12.5. The molecule has 0 fully saturated rings. The van der Waals surface area contributed by atoms with Gasteiger partial charge >= 0.3 is 5.97 Å². The Morgan fingerprint density at radius 1 is 1.31 bits per heavy atom. The number of hydrogen-bond donors (Lipinski definition) is 1. The first-order chi connectivity index (χ1) is 15.2. The minimum atomic E-state index is -1.12. The summed E-state index contributed by atoms with van der Waals surface area (Å²) in [4.78, 5) is 43.6. The molecule has 0 aliphatic rings. The number of benzene rings is 1. The second-order valence-corrected chi connectivity index (χ2v) is 7.00. The number of amides is 1. The Morgan fingerprint density at radius 3 is 2.75 bits per heavy atom. The molecule has 1 amide bonds. The first-order valence-electron chi connectivity index (χ1n) is 9.69. The lowest BCUT2D eigenvalue weighted by Crippen LogP contribution is -2.30. The van der Waals surface area contributed by atoms with E-state index in [1.54, 1.807) is 4.52 Å². The molecule has 12 nitrogen and oxygen atoms in total. The minimum absolute atomic E-state index is 0.0291. The summed E-state index contributed by atoms with van der Waals surface area (Å²) in [5.74, 6) is -0.496. The molecule has 0 bridgehead atoms. The van der Waals surface area contributed by atoms with Crippen LogP contribution in [0, 0.1) is 24.0 Å². The number of esters is 1. The van der Waals surface area contributed by atoms with E-state index in [0.717, 1.165) is 17.0 Å². The number of nitrogens with zero attached hydrogens (tertiary/aromatic N) is 5. The molecule has 0 saturated heterocycles. The van der Waals surface area contributed by atoms with Gasteiger partial charge in [-0.2, -0.15) is 10.1 Å². The number of anilines is 1. The molecule has 1 atom stereocenters. The summed E-state index contributed by atoms with van der Waals surface area (Å²) in [7, 11) is 1.37. The summed E-state index contributed by atoms with van der Waals surface area (Å²) in [5.41, 5.74) is 2.29. The molecule has 12 heteroatoms. The van der Waals surface area contributed by atoms with Crippen molar-refractivity contribution < 1.29 is 24.0 Å². The second kappa shape index (κ2) is 9.37. The van der Waals surface area contributed by atoms with E-state index in [0.29, 0.717) is 12.2 Å². The highest BCUT2D eigenvalue weighted by molar-refractivity contribution is 5.96. The molecule has 2 heterocycles. The van der Waals surface area contributed by atoms with Crippen LogP contribution >= 0.6 is 0 Å². The van der Waals surface area contributed by atoms with Crippen LogP contribution in [0.1, 0.15) is 30.3 Å². The number of nitrogens with one attached hydrogen (secondary N) is 1. The van der Waals surface area contributed by atoms with Crippen molar-refractivity contribution in [3.05, 3.63) is 51.6 Å². The molecular formula is C20H22N6O6. The topological polar surface area (TPSA) is 151 Å². The highest BCUT2D eigenvalue weighted by atomic mass is 16.6. The first kappa shape index (κ1) is 22.6. The SMILES string of the molecule is COc1ccc([N+](=O)[O-])cc1NC(=O)C(C)OC(=O)CCc1c(C)nc2ncnn2c1C. The van der Waals surface area contributed by atoms with Crippen molar-refractivity contribution in [2.45, 2.75) is 39.7 Å². The van der Waals surface area contributed by atoms with Crippen LogP contribution in [-0.2, 0) is 20.7 Å². The Morgan fingerprint density at radius 2 is 2.06 bits per heavy atom. The van der Waals surface area contributed by atoms with E-state index in [4.69, 9.17) is 9.47 Å². The normalized spacial score (nSPS) is 11.8. The number of rotatable bonds is 8. The highest BCUT2D eigenvalue weighted by Crippen LogP contribution is 2.29. The largest absolute Gasteiger partial charge is 0.495 e. The van der Waals surface area contributed by atoms with Crippen LogP contribution in [0.2, 0.25) is 0 Å². The number of aryl methyl sites for hydroxylation is 2. The zero-order valence-electron chi connectivity index (χ0n) is 18.0. The first-order valence-corrected chi connectivity index (χ1v) is 9.69. The van der Waals surface area contributed by atoms with Crippen molar-refractivity contribution in [3.8, 4) is 5.75 Å². The van der Waals surface area contributed by atoms with Gasteiger partial charge in [0.2, 0.25) is 0 Å². The molecule has 0 aliphatic heterocycles. The summed E-state index contributed by atoms with van der Waals surface area (Å²) in [6.07, 6.45) is 0.668. The van der Waals surface area contributed by atoms with E-state index in [1.165, 1.54) is 38.6 Å². The quantitative estimate of drug-likeness (QED) is 0.314. The van der Waals surface area contributed by atoms with Gasteiger partial charge < -0.3 is 14.8 Å². The van der Waals surface area contributed by atoms with Gasteiger partial charge in [0.15, 0.2) is 6.10 Å². The van der Waals surface area contributed by atoms with Gasteiger partial charge in [-0.25, -0.2) is 9.50 Å². The summed E-state index contributed by atoms with van der Waals surface area (Å²) in [6.45, 7) is 5.10. The Hall–Kier alpha value is -4.09. The predicted molar refractivity (Wildman–Crippen MR) is 112 cm³/mol. The number of ether oxygens (including phenoxy) is 2. The monoisotopic (exact) mass is 442 g/mol. The predicted octanol–water partition coefficient (Wildman–Crippen LogP) is 2.16. The fraction of sp³-hybridized carbons (Fsp3) is 0.350. The lowest BCUT2D eigenvalue weighted by Gasteiger charge is -2.15. The van der Waals surface area contributed by atoms with Gasteiger partial charge in [0.05, 0.1) is 17.7 Å². The van der Waals surface area contributed by atoms with Crippen LogP contribution < -0.4 is 10.1 Å². The zero-order chi connectivity index (χ0) is 23.4. The summed E-state index contributed by atoms with van der Waals surface area (Å²) in [6, 6.07) is 3.80. The molecule has 2 aromatic heterocycles. The fourth-order valence-corrected chi connectivity index (χ4v) is 3.20. The van der Waals surface area contributed by atoms with E-state index in [1.807, 2.05) is 13.8 Å².